The summed E-state index contributed by atoms with van der Waals surface area (Å²) in [5.74, 6) is 0.769. The molecule has 0 aliphatic heterocycles. The molecule has 0 amide bonds. The van der Waals surface area contributed by atoms with Gasteiger partial charge in [0.15, 0.2) is 0 Å². The lowest BCUT2D eigenvalue weighted by atomic mass is 9.90. The van der Waals surface area contributed by atoms with E-state index in [1.54, 1.807) is 6.20 Å². The van der Waals surface area contributed by atoms with Gasteiger partial charge < -0.3 is 4.79 Å². The Hall–Kier alpha value is -1.12. The van der Waals surface area contributed by atoms with Gasteiger partial charge in [0.25, 0.3) is 0 Å². The number of rotatable bonds is 4. The Morgan fingerprint density at radius 2 is 2.31 bits per heavy atom. The molecule has 0 saturated carbocycles. The summed E-state index contributed by atoms with van der Waals surface area (Å²) in [5.41, 5.74) is 1.14. The van der Waals surface area contributed by atoms with Gasteiger partial charge in [0.2, 0.25) is 0 Å². The van der Waals surface area contributed by atoms with Gasteiger partial charge in [0.05, 0.1) is 0 Å². The minimum atomic E-state index is 0.296. The molecule has 0 aromatic carbocycles. The van der Waals surface area contributed by atoms with Crippen LogP contribution in [-0.4, -0.2) is 16.1 Å². The lowest BCUT2D eigenvalue weighted by molar-refractivity contribution is -0.108. The SMILES string of the molecule is CC(C)C(CC=O)c1ccnn1C. The van der Waals surface area contributed by atoms with Gasteiger partial charge in [-0.15, -0.1) is 0 Å². The number of nitrogens with zero attached hydrogens (tertiary/aromatic N) is 2. The van der Waals surface area contributed by atoms with Crippen molar-refractivity contribution in [3.05, 3.63) is 18.0 Å². The minimum absolute atomic E-state index is 0.296. The number of aromatic nitrogens is 2. The molecule has 3 nitrogen and oxygen atoms in total. The fraction of sp³-hybridized carbons (Fsp3) is 0.600. The highest BCUT2D eigenvalue weighted by Gasteiger charge is 2.17. The first-order chi connectivity index (χ1) is 6.16. The maximum atomic E-state index is 10.5. The third-order valence-electron chi connectivity index (χ3n) is 2.39. The van der Waals surface area contributed by atoms with Gasteiger partial charge in [-0.05, 0) is 12.0 Å². The molecule has 72 valence electrons. The Morgan fingerprint density at radius 1 is 1.62 bits per heavy atom. The standard InChI is InChI=1S/C10H16N2O/c1-8(2)9(5-7-13)10-4-6-11-12(10)3/h4,6-9H,5H2,1-3H3. The van der Waals surface area contributed by atoms with E-state index in [1.807, 2.05) is 17.8 Å². The summed E-state index contributed by atoms with van der Waals surface area (Å²) in [7, 11) is 1.91. The highest BCUT2D eigenvalue weighted by molar-refractivity contribution is 5.51. The van der Waals surface area contributed by atoms with Crippen LogP contribution in [-0.2, 0) is 11.8 Å². The molecule has 0 aliphatic carbocycles. The van der Waals surface area contributed by atoms with E-state index in [9.17, 15) is 4.79 Å². The predicted octanol–water partition coefficient (Wildman–Crippen LogP) is 1.75. The van der Waals surface area contributed by atoms with E-state index >= 15 is 0 Å². The molecular weight excluding hydrogens is 164 g/mol. The van der Waals surface area contributed by atoms with Crippen LogP contribution in [0.15, 0.2) is 12.3 Å². The third-order valence-corrected chi connectivity index (χ3v) is 2.39. The predicted molar refractivity (Wildman–Crippen MR) is 51.5 cm³/mol. The Kier molecular flexibility index (Phi) is 3.23. The summed E-state index contributed by atoms with van der Waals surface area (Å²) in [6, 6.07) is 1.98. The van der Waals surface area contributed by atoms with Crippen LogP contribution in [0.25, 0.3) is 0 Å². The molecule has 1 unspecified atom stereocenters. The smallest absolute Gasteiger partial charge is 0.120 e. The van der Waals surface area contributed by atoms with Crippen molar-refractivity contribution >= 4 is 6.29 Å². The number of hydrogen-bond acceptors (Lipinski definition) is 2. The van der Waals surface area contributed by atoms with Crippen LogP contribution >= 0.6 is 0 Å². The molecule has 0 fully saturated rings. The molecule has 3 heteroatoms. The van der Waals surface area contributed by atoms with E-state index in [0.29, 0.717) is 18.3 Å². The molecule has 0 radical (unpaired) electrons. The van der Waals surface area contributed by atoms with E-state index in [4.69, 9.17) is 0 Å². The maximum Gasteiger partial charge on any atom is 0.120 e. The first-order valence-corrected chi connectivity index (χ1v) is 4.58. The molecule has 13 heavy (non-hydrogen) atoms. The molecule has 1 heterocycles. The largest absolute Gasteiger partial charge is 0.303 e. The Bertz CT molecular complexity index is 278. The first-order valence-electron chi connectivity index (χ1n) is 4.58. The van der Waals surface area contributed by atoms with Crippen molar-refractivity contribution in [1.82, 2.24) is 9.78 Å². The Balaban J connectivity index is 2.87. The van der Waals surface area contributed by atoms with Gasteiger partial charge in [-0.25, -0.2) is 0 Å². The van der Waals surface area contributed by atoms with Gasteiger partial charge in [-0.3, -0.25) is 4.68 Å². The van der Waals surface area contributed by atoms with Gasteiger partial charge in [-0.1, -0.05) is 13.8 Å². The van der Waals surface area contributed by atoms with Crippen LogP contribution in [0.5, 0.6) is 0 Å². The summed E-state index contributed by atoms with van der Waals surface area (Å²) in [6.07, 6.45) is 3.34. The topological polar surface area (TPSA) is 34.9 Å². The summed E-state index contributed by atoms with van der Waals surface area (Å²) in [4.78, 5) is 10.5. The molecule has 0 spiro atoms. The van der Waals surface area contributed by atoms with Crippen LogP contribution in [0.3, 0.4) is 0 Å². The van der Waals surface area contributed by atoms with Gasteiger partial charge in [-0.2, -0.15) is 5.10 Å². The molecule has 1 aromatic rings. The summed E-state index contributed by atoms with van der Waals surface area (Å²) >= 11 is 0. The summed E-state index contributed by atoms with van der Waals surface area (Å²) in [5, 5.41) is 4.10. The van der Waals surface area contributed by atoms with Crippen LogP contribution in [0.1, 0.15) is 31.9 Å². The molecule has 1 atom stereocenters. The number of hydrogen-bond donors (Lipinski definition) is 0. The fourth-order valence-corrected chi connectivity index (χ4v) is 1.59. The van der Waals surface area contributed by atoms with Crippen molar-refractivity contribution in [3.8, 4) is 0 Å². The summed E-state index contributed by atoms with van der Waals surface area (Å²) < 4.78 is 1.84. The average molecular weight is 180 g/mol. The quantitative estimate of drug-likeness (QED) is 0.662. The molecular formula is C10H16N2O. The molecule has 0 saturated heterocycles. The maximum absolute atomic E-state index is 10.5. The van der Waals surface area contributed by atoms with Gasteiger partial charge in [0.1, 0.15) is 6.29 Å². The molecule has 0 aliphatic rings. The van der Waals surface area contributed by atoms with E-state index < -0.39 is 0 Å². The van der Waals surface area contributed by atoms with Crippen LogP contribution in [0, 0.1) is 5.92 Å². The fourth-order valence-electron chi connectivity index (χ4n) is 1.59. The van der Waals surface area contributed by atoms with E-state index in [-0.39, 0.29) is 0 Å². The second-order valence-corrected chi connectivity index (χ2v) is 3.63. The monoisotopic (exact) mass is 180 g/mol. The average Bonchev–Trinajstić information content (AvgIpc) is 2.47. The van der Waals surface area contributed by atoms with Crippen molar-refractivity contribution in [2.45, 2.75) is 26.2 Å². The lowest BCUT2D eigenvalue weighted by Crippen LogP contribution is -2.12. The van der Waals surface area contributed by atoms with E-state index in [2.05, 4.69) is 18.9 Å². The number of carbonyl (C=O) groups excluding carboxylic acids is 1. The number of aryl methyl sites for hydroxylation is 1. The molecule has 1 rings (SSSR count). The van der Waals surface area contributed by atoms with Crippen LogP contribution in [0.2, 0.25) is 0 Å². The Morgan fingerprint density at radius 3 is 2.69 bits per heavy atom. The van der Waals surface area contributed by atoms with Crippen LogP contribution in [0.4, 0.5) is 0 Å². The Labute approximate surface area is 78.8 Å². The zero-order valence-electron chi connectivity index (χ0n) is 8.40. The minimum Gasteiger partial charge on any atom is -0.303 e. The van der Waals surface area contributed by atoms with Crippen molar-refractivity contribution in [3.63, 3.8) is 0 Å². The normalized spacial score (nSPS) is 13.2. The zero-order valence-corrected chi connectivity index (χ0v) is 8.40. The number of carbonyl (C=O) groups is 1. The first kappa shape index (κ1) is 9.96. The van der Waals surface area contributed by atoms with Crippen LogP contribution < -0.4 is 0 Å². The van der Waals surface area contributed by atoms with Gasteiger partial charge in [0, 0.05) is 31.3 Å². The lowest BCUT2D eigenvalue weighted by Gasteiger charge is -2.18. The van der Waals surface area contributed by atoms with Crippen molar-refractivity contribution < 1.29 is 4.79 Å². The van der Waals surface area contributed by atoms with Gasteiger partial charge >= 0.3 is 0 Å². The van der Waals surface area contributed by atoms with E-state index in [0.717, 1.165) is 12.0 Å². The van der Waals surface area contributed by atoms with Crippen molar-refractivity contribution in [2.75, 3.05) is 0 Å². The highest BCUT2D eigenvalue weighted by Crippen LogP contribution is 2.25. The van der Waals surface area contributed by atoms with Crippen molar-refractivity contribution in [2.24, 2.45) is 13.0 Å². The highest BCUT2D eigenvalue weighted by atomic mass is 16.1. The third kappa shape index (κ3) is 2.17. The number of aldehydes is 1. The van der Waals surface area contributed by atoms with Crippen molar-refractivity contribution in [1.29, 1.82) is 0 Å². The molecule has 1 aromatic heterocycles. The zero-order chi connectivity index (χ0) is 9.84. The second kappa shape index (κ2) is 4.21. The molecule has 0 N–H and O–H groups in total. The molecule has 0 bridgehead atoms. The van der Waals surface area contributed by atoms with E-state index in [1.165, 1.54) is 0 Å². The summed E-state index contributed by atoms with van der Waals surface area (Å²) in [6.45, 7) is 4.25. The second-order valence-electron chi connectivity index (χ2n) is 3.63.